The molecule has 7 nitrogen and oxygen atoms in total. The molecule has 1 aromatic heterocycles. The molecule has 0 atom stereocenters. The van der Waals surface area contributed by atoms with Crippen LogP contribution in [0, 0.1) is 5.92 Å². The van der Waals surface area contributed by atoms with Crippen molar-refractivity contribution in [2.75, 3.05) is 34.4 Å². The van der Waals surface area contributed by atoms with Crippen LogP contribution < -0.4 is 9.47 Å². The Bertz CT molecular complexity index is 810. The summed E-state index contributed by atoms with van der Waals surface area (Å²) in [6.45, 7) is 1.53. The highest BCUT2D eigenvalue weighted by molar-refractivity contribution is 5.91. The highest BCUT2D eigenvalue weighted by atomic mass is 16.5. The normalized spacial score (nSPS) is 14.6. The van der Waals surface area contributed by atoms with Crippen LogP contribution in [0.4, 0.5) is 0 Å². The molecule has 0 unspecified atom stereocenters. The molecule has 0 saturated carbocycles. The first-order valence-electron chi connectivity index (χ1n) is 9.32. The quantitative estimate of drug-likeness (QED) is 0.763. The smallest absolute Gasteiger partial charge is 0.289 e. The number of piperidine rings is 1. The lowest BCUT2D eigenvalue weighted by Crippen LogP contribution is -2.43. The Labute approximate surface area is 164 Å². The van der Waals surface area contributed by atoms with Crippen LogP contribution in [0.2, 0.25) is 0 Å². The number of hydrogen-bond donors (Lipinski definition) is 0. The van der Waals surface area contributed by atoms with E-state index in [1.807, 2.05) is 18.2 Å². The first-order chi connectivity index (χ1) is 13.5. The van der Waals surface area contributed by atoms with Crippen molar-refractivity contribution in [2.45, 2.75) is 19.4 Å². The highest BCUT2D eigenvalue weighted by Gasteiger charge is 2.30. The van der Waals surface area contributed by atoms with Crippen LogP contribution in [0.25, 0.3) is 0 Å². The molecule has 0 N–H and O–H groups in total. The van der Waals surface area contributed by atoms with Gasteiger partial charge in [0, 0.05) is 38.2 Å². The minimum Gasteiger partial charge on any atom is -0.493 e. The predicted molar refractivity (Wildman–Crippen MR) is 103 cm³/mol. The van der Waals surface area contributed by atoms with Crippen LogP contribution in [0.1, 0.15) is 29.0 Å². The monoisotopic (exact) mass is 386 g/mol. The van der Waals surface area contributed by atoms with Gasteiger partial charge in [0.05, 0.1) is 20.5 Å². The van der Waals surface area contributed by atoms with Gasteiger partial charge in [0.15, 0.2) is 17.3 Å². The average Bonchev–Trinajstić information content (AvgIpc) is 3.27. The summed E-state index contributed by atoms with van der Waals surface area (Å²) in [5.41, 5.74) is 0.892. The minimum atomic E-state index is -0.120. The van der Waals surface area contributed by atoms with Gasteiger partial charge in [0.2, 0.25) is 5.91 Å². The van der Waals surface area contributed by atoms with Crippen LogP contribution >= 0.6 is 0 Å². The van der Waals surface area contributed by atoms with Crippen molar-refractivity contribution in [3.63, 3.8) is 0 Å². The van der Waals surface area contributed by atoms with Gasteiger partial charge in [-0.1, -0.05) is 12.1 Å². The summed E-state index contributed by atoms with van der Waals surface area (Å²) >= 11 is 0. The van der Waals surface area contributed by atoms with Crippen LogP contribution in [0.3, 0.4) is 0 Å². The van der Waals surface area contributed by atoms with Crippen LogP contribution in [-0.4, -0.2) is 56.0 Å². The summed E-state index contributed by atoms with van der Waals surface area (Å²) in [4.78, 5) is 28.7. The number of ether oxygens (including phenoxy) is 2. The zero-order valence-electron chi connectivity index (χ0n) is 16.5. The second-order valence-corrected chi connectivity index (χ2v) is 6.89. The largest absolute Gasteiger partial charge is 0.493 e. The predicted octanol–water partition coefficient (Wildman–Crippen LogP) is 2.81. The van der Waals surface area contributed by atoms with E-state index < -0.39 is 0 Å². The second-order valence-electron chi connectivity index (χ2n) is 6.89. The van der Waals surface area contributed by atoms with Gasteiger partial charge in [-0.05, 0) is 31.0 Å². The number of methoxy groups -OCH3 is 2. The number of carbonyl (C=O) groups is 2. The minimum absolute atomic E-state index is 0.0787. The van der Waals surface area contributed by atoms with Gasteiger partial charge in [-0.15, -0.1) is 0 Å². The Morgan fingerprint density at radius 3 is 2.50 bits per heavy atom. The molecule has 3 rings (SSSR count). The Morgan fingerprint density at radius 2 is 1.89 bits per heavy atom. The SMILES string of the molecule is COc1cccc(CN(C)C(=O)C2CCN(C(=O)c3ccco3)CC2)c1OC. The molecule has 7 heteroatoms. The Hall–Kier alpha value is -2.96. The van der Waals surface area contributed by atoms with E-state index in [1.54, 1.807) is 43.2 Å². The number of furan rings is 1. The van der Waals surface area contributed by atoms with Crippen LogP contribution in [-0.2, 0) is 11.3 Å². The maximum Gasteiger partial charge on any atom is 0.289 e. The standard InChI is InChI=1S/C21H26N2O5/c1-22(14-16-6-4-7-17(26-2)19(16)27-3)20(24)15-9-11-23(12-10-15)21(25)18-8-5-13-28-18/h4-8,13,15H,9-12,14H2,1-3H3. The van der Waals surface area contributed by atoms with E-state index in [0.29, 0.717) is 49.7 Å². The fourth-order valence-corrected chi connectivity index (χ4v) is 3.61. The third-order valence-electron chi connectivity index (χ3n) is 5.13. The number of amides is 2. The molecular weight excluding hydrogens is 360 g/mol. The molecule has 0 spiro atoms. The second kappa shape index (κ2) is 8.82. The molecular formula is C21H26N2O5. The molecule has 2 aromatic rings. The van der Waals surface area contributed by atoms with Crippen molar-refractivity contribution in [1.82, 2.24) is 9.80 Å². The maximum atomic E-state index is 12.9. The topological polar surface area (TPSA) is 72.2 Å². The number of para-hydroxylation sites is 1. The van der Waals surface area contributed by atoms with E-state index in [4.69, 9.17) is 13.9 Å². The summed E-state index contributed by atoms with van der Waals surface area (Å²) in [5, 5.41) is 0. The molecule has 28 heavy (non-hydrogen) atoms. The molecule has 0 bridgehead atoms. The van der Waals surface area contributed by atoms with E-state index in [1.165, 1.54) is 6.26 Å². The molecule has 1 aliphatic rings. The lowest BCUT2D eigenvalue weighted by Gasteiger charge is -2.33. The Morgan fingerprint density at radius 1 is 1.14 bits per heavy atom. The Kier molecular flexibility index (Phi) is 6.23. The van der Waals surface area contributed by atoms with Crippen molar-refractivity contribution in [3.8, 4) is 11.5 Å². The van der Waals surface area contributed by atoms with Crippen molar-refractivity contribution >= 4 is 11.8 Å². The lowest BCUT2D eigenvalue weighted by molar-refractivity contribution is -0.136. The van der Waals surface area contributed by atoms with E-state index in [-0.39, 0.29) is 17.7 Å². The molecule has 1 fully saturated rings. The number of rotatable bonds is 6. The van der Waals surface area contributed by atoms with Crippen LogP contribution in [0.5, 0.6) is 11.5 Å². The third-order valence-corrected chi connectivity index (χ3v) is 5.13. The first kappa shape index (κ1) is 19.8. The summed E-state index contributed by atoms with van der Waals surface area (Å²) < 4.78 is 16.0. The molecule has 2 amide bonds. The van der Waals surface area contributed by atoms with Gasteiger partial charge in [0.25, 0.3) is 5.91 Å². The number of nitrogens with zero attached hydrogens (tertiary/aromatic N) is 2. The van der Waals surface area contributed by atoms with E-state index in [0.717, 1.165) is 5.56 Å². The molecule has 150 valence electrons. The number of likely N-dealkylation sites (tertiary alicyclic amines) is 1. The zero-order valence-corrected chi connectivity index (χ0v) is 16.5. The lowest BCUT2D eigenvalue weighted by atomic mass is 9.95. The van der Waals surface area contributed by atoms with Crippen molar-refractivity contribution in [2.24, 2.45) is 5.92 Å². The fourth-order valence-electron chi connectivity index (χ4n) is 3.61. The Balaban J connectivity index is 1.59. The highest BCUT2D eigenvalue weighted by Crippen LogP contribution is 2.32. The van der Waals surface area contributed by atoms with Crippen molar-refractivity contribution < 1.29 is 23.5 Å². The molecule has 0 aliphatic carbocycles. The summed E-state index contributed by atoms with van der Waals surface area (Å²) in [5.74, 6) is 1.49. The molecule has 1 saturated heterocycles. The summed E-state index contributed by atoms with van der Waals surface area (Å²) in [7, 11) is 4.98. The van der Waals surface area contributed by atoms with E-state index >= 15 is 0 Å². The van der Waals surface area contributed by atoms with Gasteiger partial charge < -0.3 is 23.7 Å². The molecule has 1 aliphatic heterocycles. The van der Waals surface area contributed by atoms with E-state index in [9.17, 15) is 9.59 Å². The maximum absolute atomic E-state index is 12.9. The summed E-state index contributed by atoms with van der Waals surface area (Å²) in [6, 6.07) is 9.00. The number of benzene rings is 1. The first-order valence-corrected chi connectivity index (χ1v) is 9.32. The third kappa shape index (κ3) is 4.13. The van der Waals surface area contributed by atoms with E-state index in [2.05, 4.69) is 0 Å². The molecule has 2 heterocycles. The average molecular weight is 386 g/mol. The van der Waals surface area contributed by atoms with Gasteiger partial charge >= 0.3 is 0 Å². The zero-order chi connectivity index (χ0) is 20.1. The fraction of sp³-hybridized carbons (Fsp3) is 0.429. The number of carbonyl (C=O) groups excluding carboxylic acids is 2. The van der Waals surface area contributed by atoms with Gasteiger partial charge in [-0.25, -0.2) is 0 Å². The number of hydrogen-bond acceptors (Lipinski definition) is 5. The van der Waals surface area contributed by atoms with Crippen LogP contribution in [0.15, 0.2) is 41.0 Å². The van der Waals surface area contributed by atoms with Crippen molar-refractivity contribution in [3.05, 3.63) is 47.9 Å². The summed E-state index contributed by atoms with van der Waals surface area (Å²) in [6.07, 6.45) is 2.78. The molecule has 1 aromatic carbocycles. The van der Waals surface area contributed by atoms with Gasteiger partial charge in [0.1, 0.15) is 0 Å². The molecule has 0 radical (unpaired) electrons. The van der Waals surface area contributed by atoms with Gasteiger partial charge in [-0.3, -0.25) is 9.59 Å². The van der Waals surface area contributed by atoms with Crippen molar-refractivity contribution in [1.29, 1.82) is 0 Å². The van der Waals surface area contributed by atoms with Gasteiger partial charge in [-0.2, -0.15) is 0 Å².